The number of rotatable bonds is 11. The first kappa shape index (κ1) is 36.7. The second kappa shape index (κ2) is 15.6. The van der Waals surface area contributed by atoms with Crippen LogP contribution in [0.25, 0.3) is 33.6 Å². The van der Waals surface area contributed by atoms with Crippen LogP contribution in [0.1, 0.15) is 36.5 Å². The Hall–Kier alpha value is -4.13. The zero-order valence-corrected chi connectivity index (χ0v) is 30.6. The van der Waals surface area contributed by atoms with E-state index in [1.807, 2.05) is 18.2 Å². The summed E-state index contributed by atoms with van der Waals surface area (Å²) in [6.07, 6.45) is 1.81. The van der Waals surface area contributed by atoms with E-state index in [0.717, 1.165) is 35.4 Å². The Morgan fingerprint density at radius 1 is 1.08 bits per heavy atom. The molecule has 0 bridgehead atoms. The SMILES string of the molecule is COc1cc(-c2nccc(-c3cccc(-c4cc(Cl)c(CN(C[C@@H]5CCC(=O)N5)C(=O)O)c(OC)n4)c3Cl)c2Cl)cc2c1CN(C[C@@H](C)O)CC2. The highest BCUT2D eigenvalue weighted by Gasteiger charge is 2.28. The lowest BCUT2D eigenvalue weighted by Gasteiger charge is -2.31. The summed E-state index contributed by atoms with van der Waals surface area (Å²) in [7, 11) is 3.08. The number of aliphatic hydroxyl groups is 1. The first-order chi connectivity index (χ1) is 24.5. The summed E-state index contributed by atoms with van der Waals surface area (Å²) in [6.45, 7) is 3.88. The van der Waals surface area contributed by atoms with Crippen molar-refractivity contribution in [1.29, 1.82) is 0 Å². The van der Waals surface area contributed by atoms with Gasteiger partial charge in [0, 0.05) is 72.7 Å². The number of amides is 2. The second-order valence-electron chi connectivity index (χ2n) is 12.8. The Morgan fingerprint density at radius 3 is 2.53 bits per heavy atom. The maximum atomic E-state index is 12.1. The van der Waals surface area contributed by atoms with E-state index in [2.05, 4.69) is 26.3 Å². The highest BCUT2D eigenvalue weighted by atomic mass is 35.5. The van der Waals surface area contributed by atoms with Gasteiger partial charge in [-0.25, -0.2) is 9.78 Å². The Bertz CT molecular complexity index is 1960. The predicted molar refractivity (Wildman–Crippen MR) is 197 cm³/mol. The number of β-amino-alcohol motifs (C(OH)–C–C–N with tert-alkyl or cyclic N) is 1. The van der Waals surface area contributed by atoms with Crippen LogP contribution >= 0.6 is 34.8 Å². The van der Waals surface area contributed by atoms with Crippen molar-refractivity contribution in [3.63, 3.8) is 0 Å². The minimum Gasteiger partial charge on any atom is -0.496 e. The number of hydrogen-bond acceptors (Lipinski definition) is 8. The van der Waals surface area contributed by atoms with Crippen LogP contribution in [-0.4, -0.2) is 88.0 Å². The number of aromatic nitrogens is 2. The Kier molecular flexibility index (Phi) is 11.2. The van der Waals surface area contributed by atoms with Gasteiger partial charge in [0.25, 0.3) is 0 Å². The van der Waals surface area contributed by atoms with Crippen LogP contribution < -0.4 is 14.8 Å². The Balaban J connectivity index is 1.32. The first-order valence-electron chi connectivity index (χ1n) is 16.5. The molecule has 1 fully saturated rings. The van der Waals surface area contributed by atoms with Crippen LogP contribution in [0.2, 0.25) is 15.1 Å². The Morgan fingerprint density at radius 2 is 1.84 bits per heavy atom. The van der Waals surface area contributed by atoms with Gasteiger partial charge in [-0.05, 0) is 49.6 Å². The fourth-order valence-electron chi connectivity index (χ4n) is 6.78. The molecule has 0 aliphatic carbocycles. The lowest BCUT2D eigenvalue weighted by molar-refractivity contribution is -0.119. The van der Waals surface area contributed by atoms with E-state index in [1.54, 1.807) is 38.4 Å². The first-order valence-corrected chi connectivity index (χ1v) is 17.7. The number of nitrogens with zero attached hydrogens (tertiary/aromatic N) is 4. The predicted octanol–water partition coefficient (Wildman–Crippen LogP) is 6.95. The summed E-state index contributed by atoms with van der Waals surface area (Å²) in [5, 5.41) is 23.7. The van der Waals surface area contributed by atoms with Crippen molar-refractivity contribution in [3.05, 3.63) is 80.4 Å². The van der Waals surface area contributed by atoms with Crippen LogP contribution in [0, 0.1) is 0 Å². The number of carbonyl (C=O) groups is 2. The van der Waals surface area contributed by atoms with Gasteiger partial charge in [0.1, 0.15) is 5.75 Å². The van der Waals surface area contributed by atoms with Gasteiger partial charge in [0.05, 0.1) is 58.9 Å². The van der Waals surface area contributed by atoms with Crippen molar-refractivity contribution in [2.45, 2.75) is 51.4 Å². The molecule has 2 amide bonds. The standard InChI is InChI=1S/C37H38Cl3N5O6/c1-20(46)16-44-12-10-21-13-22(14-31(50-2)27(21)18-44)35-34(40)25(9-11-41-35)24-5-4-6-26(33(24)39)30-15-29(38)28(36(43-30)51-3)19-45(37(48)49)17-23-7-8-32(47)42-23/h4-6,9,11,13-15,20,23,46H,7-8,10,12,16-19H2,1-3H3,(H,42,47)(H,48,49)/t20-,23+/m1/s1. The van der Waals surface area contributed by atoms with Gasteiger partial charge in [-0.1, -0.05) is 53.0 Å². The molecule has 4 aromatic rings. The minimum absolute atomic E-state index is 0.0895. The van der Waals surface area contributed by atoms with Crippen molar-refractivity contribution in [2.75, 3.05) is 33.9 Å². The summed E-state index contributed by atoms with van der Waals surface area (Å²) in [6, 6.07) is 12.7. The molecular formula is C37H38Cl3N5O6. The molecule has 2 atom stereocenters. The molecule has 2 aliphatic rings. The van der Waals surface area contributed by atoms with Gasteiger partial charge in [-0.15, -0.1) is 0 Å². The highest BCUT2D eigenvalue weighted by Crippen LogP contribution is 2.44. The van der Waals surface area contributed by atoms with E-state index in [0.29, 0.717) is 69.6 Å². The van der Waals surface area contributed by atoms with E-state index >= 15 is 0 Å². The van der Waals surface area contributed by atoms with Crippen molar-refractivity contribution < 1.29 is 29.3 Å². The molecule has 4 heterocycles. The number of fused-ring (bicyclic) bond motifs is 1. The zero-order chi connectivity index (χ0) is 36.4. The number of aliphatic hydroxyl groups excluding tert-OH is 1. The highest BCUT2D eigenvalue weighted by molar-refractivity contribution is 6.39. The van der Waals surface area contributed by atoms with Crippen molar-refractivity contribution >= 4 is 46.8 Å². The monoisotopic (exact) mass is 753 g/mol. The summed E-state index contributed by atoms with van der Waals surface area (Å²) < 4.78 is 11.4. The maximum absolute atomic E-state index is 12.1. The molecule has 2 aliphatic heterocycles. The van der Waals surface area contributed by atoms with E-state index in [1.165, 1.54) is 12.0 Å². The average molecular weight is 755 g/mol. The molecule has 14 heteroatoms. The molecule has 1 saturated heterocycles. The smallest absolute Gasteiger partial charge is 0.407 e. The molecule has 0 radical (unpaired) electrons. The Labute approximate surface area is 311 Å². The number of ether oxygens (including phenoxy) is 2. The topological polar surface area (TPSA) is 137 Å². The molecule has 11 nitrogen and oxygen atoms in total. The summed E-state index contributed by atoms with van der Waals surface area (Å²) in [4.78, 5) is 36.5. The number of hydrogen-bond donors (Lipinski definition) is 3. The van der Waals surface area contributed by atoms with Gasteiger partial charge in [-0.2, -0.15) is 0 Å². The van der Waals surface area contributed by atoms with Crippen LogP contribution in [0.15, 0.2) is 48.7 Å². The molecule has 0 spiro atoms. The third kappa shape index (κ3) is 7.88. The van der Waals surface area contributed by atoms with Crippen molar-refractivity contribution in [3.8, 4) is 45.3 Å². The molecule has 268 valence electrons. The summed E-state index contributed by atoms with van der Waals surface area (Å²) in [5.74, 6) is 0.787. The second-order valence-corrected chi connectivity index (χ2v) is 13.9. The van der Waals surface area contributed by atoms with E-state index in [9.17, 15) is 19.8 Å². The summed E-state index contributed by atoms with van der Waals surface area (Å²) >= 11 is 21.0. The van der Waals surface area contributed by atoms with Crippen LogP contribution in [0.3, 0.4) is 0 Å². The number of methoxy groups -OCH3 is 2. The molecule has 2 aromatic carbocycles. The van der Waals surface area contributed by atoms with Gasteiger partial charge < -0.3 is 29.9 Å². The number of nitrogens with one attached hydrogen (secondary N) is 1. The van der Waals surface area contributed by atoms with Crippen LogP contribution in [-0.2, 0) is 24.3 Å². The quantitative estimate of drug-likeness (QED) is 0.149. The fraction of sp³-hybridized carbons (Fsp3) is 0.351. The lowest BCUT2D eigenvalue weighted by Crippen LogP contribution is -2.41. The van der Waals surface area contributed by atoms with Crippen LogP contribution in [0.5, 0.6) is 11.6 Å². The maximum Gasteiger partial charge on any atom is 0.407 e. The van der Waals surface area contributed by atoms with Crippen molar-refractivity contribution in [2.24, 2.45) is 0 Å². The third-order valence-corrected chi connectivity index (χ3v) is 10.3. The third-order valence-electron chi connectivity index (χ3n) is 9.22. The molecule has 0 saturated carbocycles. The van der Waals surface area contributed by atoms with E-state index in [-0.39, 0.29) is 35.9 Å². The average Bonchev–Trinajstić information content (AvgIpc) is 3.52. The summed E-state index contributed by atoms with van der Waals surface area (Å²) in [5.41, 5.74) is 6.32. The van der Waals surface area contributed by atoms with Crippen LogP contribution in [0.4, 0.5) is 4.79 Å². The molecule has 0 unspecified atom stereocenters. The largest absolute Gasteiger partial charge is 0.496 e. The lowest BCUT2D eigenvalue weighted by atomic mass is 9.93. The number of carboxylic acid groups (broad SMARTS) is 1. The zero-order valence-electron chi connectivity index (χ0n) is 28.4. The number of benzene rings is 2. The molecule has 2 aromatic heterocycles. The normalized spacial score (nSPS) is 16.4. The number of halogens is 3. The van der Waals surface area contributed by atoms with Gasteiger partial charge in [0.2, 0.25) is 11.8 Å². The van der Waals surface area contributed by atoms with Gasteiger partial charge >= 0.3 is 6.09 Å². The molecule has 6 rings (SSSR count). The van der Waals surface area contributed by atoms with E-state index in [4.69, 9.17) is 44.3 Å². The fourth-order valence-corrected chi connectivity index (χ4v) is 7.67. The molecular weight excluding hydrogens is 717 g/mol. The molecule has 51 heavy (non-hydrogen) atoms. The molecule has 3 N–H and O–H groups in total. The number of carbonyl (C=O) groups excluding carboxylic acids is 1. The van der Waals surface area contributed by atoms with Crippen molar-refractivity contribution in [1.82, 2.24) is 25.1 Å². The number of pyridine rings is 2. The van der Waals surface area contributed by atoms with Gasteiger partial charge in [0.15, 0.2) is 0 Å². The van der Waals surface area contributed by atoms with Gasteiger partial charge in [-0.3, -0.25) is 14.7 Å². The minimum atomic E-state index is -1.16. The van der Waals surface area contributed by atoms with E-state index < -0.39 is 12.2 Å².